The second-order valence-corrected chi connectivity index (χ2v) is 6.06. The lowest BCUT2D eigenvalue weighted by molar-refractivity contribution is -0.140. The number of carboxylic acid groups (broad SMARTS) is 1. The van der Waals surface area contributed by atoms with E-state index in [4.69, 9.17) is 5.11 Å². The largest absolute Gasteiger partial charge is 0.481 e. The Labute approximate surface area is 82.6 Å². The molecule has 4 nitrogen and oxygen atoms in total. The molecule has 13 heavy (non-hydrogen) atoms. The molecule has 0 aromatic carbocycles. The highest BCUT2D eigenvalue weighted by atomic mass is 32.2. The van der Waals surface area contributed by atoms with E-state index in [0.717, 1.165) is 0 Å². The molecule has 78 valence electrons. The van der Waals surface area contributed by atoms with E-state index >= 15 is 0 Å². The molecule has 0 saturated carbocycles. The van der Waals surface area contributed by atoms with Gasteiger partial charge in [0.2, 0.25) is 0 Å². The molecule has 0 aromatic rings. The summed E-state index contributed by atoms with van der Waals surface area (Å²) >= 11 is 1.44. The van der Waals surface area contributed by atoms with Gasteiger partial charge in [0, 0.05) is 5.75 Å². The van der Waals surface area contributed by atoms with Crippen LogP contribution in [0.1, 0.15) is 6.92 Å². The summed E-state index contributed by atoms with van der Waals surface area (Å²) in [4.78, 5) is 10.4. The summed E-state index contributed by atoms with van der Waals surface area (Å²) in [7, 11) is -3.19. The van der Waals surface area contributed by atoms with Gasteiger partial charge in [0.05, 0.1) is 17.4 Å². The minimum absolute atomic E-state index is 0.0613. The molecule has 1 unspecified atom stereocenters. The Kier molecular flexibility index (Phi) is 5.39. The maximum Gasteiger partial charge on any atom is 0.307 e. The predicted octanol–water partition coefficient (Wildman–Crippen LogP) is 0.485. The first-order valence-corrected chi connectivity index (χ1v) is 7.02. The third kappa shape index (κ3) is 5.93. The first kappa shape index (κ1) is 12.8. The summed E-state index contributed by atoms with van der Waals surface area (Å²) in [6, 6.07) is 0. The van der Waals surface area contributed by atoms with Crippen molar-refractivity contribution in [2.45, 2.75) is 6.92 Å². The van der Waals surface area contributed by atoms with E-state index in [0.29, 0.717) is 5.75 Å². The van der Waals surface area contributed by atoms with Crippen molar-refractivity contribution in [3.8, 4) is 0 Å². The lowest BCUT2D eigenvalue weighted by Crippen LogP contribution is -2.23. The van der Waals surface area contributed by atoms with Crippen molar-refractivity contribution in [1.82, 2.24) is 0 Å². The van der Waals surface area contributed by atoms with E-state index in [1.54, 1.807) is 0 Å². The van der Waals surface area contributed by atoms with Crippen LogP contribution >= 0.6 is 11.8 Å². The molecule has 0 rings (SSSR count). The van der Waals surface area contributed by atoms with E-state index in [2.05, 4.69) is 0 Å². The molecule has 1 N–H and O–H groups in total. The minimum atomic E-state index is -3.19. The van der Waals surface area contributed by atoms with Gasteiger partial charge in [-0.15, -0.1) is 0 Å². The summed E-state index contributed by atoms with van der Waals surface area (Å²) < 4.78 is 22.5. The van der Waals surface area contributed by atoms with Crippen LogP contribution in [0.15, 0.2) is 0 Å². The number of carbonyl (C=O) groups is 1. The molecule has 0 fully saturated rings. The van der Waals surface area contributed by atoms with Gasteiger partial charge >= 0.3 is 5.97 Å². The van der Waals surface area contributed by atoms with Gasteiger partial charge in [-0.05, 0) is 6.26 Å². The Morgan fingerprint density at radius 1 is 1.54 bits per heavy atom. The normalized spacial score (nSPS) is 14.0. The molecule has 0 radical (unpaired) electrons. The summed E-state index contributed by atoms with van der Waals surface area (Å²) in [5.74, 6) is -1.55. The quantitative estimate of drug-likeness (QED) is 0.713. The smallest absolute Gasteiger partial charge is 0.307 e. The second-order valence-electron chi connectivity index (χ2n) is 2.85. The van der Waals surface area contributed by atoms with Crippen molar-refractivity contribution in [3.05, 3.63) is 0 Å². The third-order valence-electron chi connectivity index (χ3n) is 1.52. The van der Waals surface area contributed by atoms with Crippen LogP contribution in [0, 0.1) is 5.92 Å². The summed E-state index contributed by atoms with van der Waals surface area (Å²) in [5.41, 5.74) is 0. The van der Waals surface area contributed by atoms with E-state index < -0.39 is 21.7 Å². The Balaban J connectivity index is 4.10. The van der Waals surface area contributed by atoms with Crippen LogP contribution in [0.25, 0.3) is 0 Å². The van der Waals surface area contributed by atoms with Gasteiger partial charge in [-0.25, -0.2) is 8.42 Å². The fraction of sp³-hybridized carbons (Fsp3) is 0.857. The number of hydrogen-bond donors (Lipinski definition) is 1. The monoisotopic (exact) mass is 226 g/mol. The molecule has 0 saturated heterocycles. The van der Waals surface area contributed by atoms with Gasteiger partial charge in [0.25, 0.3) is 0 Å². The lowest BCUT2D eigenvalue weighted by atomic mass is 10.2. The molecular formula is C7H14O4S2. The number of hydrogen-bond acceptors (Lipinski definition) is 4. The van der Waals surface area contributed by atoms with Crippen molar-refractivity contribution >= 4 is 27.6 Å². The number of rotatable bonds is 6. The average Bonchev–Trinajstić information content (AvgIpc) is 2.00. The predicted molar refractivity (Wildman–Crippen MR) is 53.8 cm³/mol. The van der Waals surface area contributed by atoms with Crippen molar-refractivity contribution in [2.24, 2.45) is 5.92 Å². The van der Waals surface area contributed by atoms with E-state index in [1.165, 1.54) is 18.7 Å². The number of thioether (sulfide) groups is 1. The zero-order chi connectivity index (χ0) is 10.5. The van der Waals surface area contributed by atoms with Gasteiger partial charge in [-0.3, -0.25) is 4.79 Å². The molecule has 0 amide bonds. The SMILES string of the molecule is CSCCS(=O)(=O)CC(C)C(=O)O. The molecular weight excluding hydrogens is 212 g/mol. The zero-order valence-corrected chi connectivity index (χ0v) is 9.32. The van der Waals surface area contributed by atoms with Crippen LogP contribution in [-0.2, 0) is 14.6 Å². The maximum atomic E-state index is 11.2. The van der Waals surface area contributed by atoms with Crippen molar-refractivity contribution < 1.29 is 18.3 Å². The molecule has 0 aliphatic heterocycles. The second kappa shape index (κ2) is 5.49. The average molecular weight is 226 g/mol. The van der Waals surface area contributed by atoms with Gasteiger partial charge in [0.1, 0.15) is 0 Å². The topological polar surface area (TPSA) is 71.4 Å². The minimum Gasteiger partial charge on any atom is -0.481 e. The van der Waals surface area contributed by atoms with Crippen LogP contribution in [0.3, 0.4) is 0 Å². The third-order valence-corrected chi connectivity index (χ3v) is 4.23. The van der Waals surface area contributed by atoms with E-state index in [1.807, 2.05) is 6.26 Å². The lowest BCUT2D eigenvalue weighted by Gasteiger charge is -2.06. The number of carboxylic acids is 1. The Hall–Kier alpha value is -0.230. The van der Waals surface area contributed by atoms with Gasteiger partial charge in [-0.2, -0.15) is 11.8 Å². The first-order chi connectivity index (χ1) is 5.89. The van der Waals surface area contributed by atoms with Gasteiger partial charge < -0.3 is 5.11 Å². The maximum absolute atomic E-state index is 11.2. The van der Waals surface area contributed by atoms with E-state index in [9.17, 15) is 13.2 Å². The van der Waals surface area contributed by atoms with Crippen molar-refractivity contribution in [3.63, 3.8) is 0 Å². The number of sulfone groups is 1. The van der Waals surface area contributed by atoms with Crippen molar-refractivity contribution in [1.29, 1.82) is 0 Å². The Bertz CT molecular complexity index is 258. The van der Waals surface area contributed by atoms with Crippen LogP contribution in [0.5, 0.6) is 0 Å². The highest BCUT2D eigenvalue weighted by Crippen LogP contribution is 2.04. The van der Waals surface area contributed by atoms with Crippen LogP contribution in [0.2, 0.25) is 0 Å². The van der Waals surface area contributed by atoms with E-state index in [-0.39, 0.29) is 11.5 Å². The molecule has 0 bridgehead atoms. The molecule has 0 spiro atoms. The van der Waals surface area contributed by atoms with Crippen LogP contribution in [0.4, 0.5) is 0 Å². The van der Waals surface area contributed by atoms with Crippen LogP contribution in [-0.4, -0.2) is 43.0 Å². The summed E-state index contributed by atoms with van der Waals surface area (Å²) in [5, 5.41) is 8.50. The first-order valence-electron chi connectivity index (χ1n) is 3.81. The Morgan fingerprint density at radius 3 is 2.46 bits per heavy atom. The summed E-state index contributed by atoms with van der Waals surface area (Å²) in [6.45, 7) is 1.40. The Morgan fingerprint density at radius 2 is 2.08 bits per heavy atom. The fourth-order valence-electron chi connectivity index (χ4n) is 0.746. The molecule has 0 heterocycles. The standard InChI is InChI=1S/C7H14O4S2/c1-6(7(8)9)5-13(10,11)4-3-12-2/h6H,3-5H2,1-2H3,(H,8,9). The summed E-state index contributed by atoms with van der Waals surface area (Å²) in [6.07, 6.45) is 1.82. The van der Waals surface area contributed by atoms with Gasteiger partial charge in [0.15, 0.2) is 9.84 Å². The van der Waals surface area contributed by atoms with Gasteiger partial charge in [-0.1, -0.05) is 6.92 Å². The molecule has 0 aliphatic carbocycles. The highest BCUT2D eigenvalue weighted by Gasteiger charge is 2.20. The van der Waals surface area contributed by atoms with Crippen molar-refractivity contribution in [2.75, 3.05) is 23.5 Å². The highest BCUT2D eigenvalue weighted by molar-refractivity contribution is 8.00. The molecule has 1 atom stereocenters. The molecule has 6 heteroatoms. The molecule has 0 aliphatic rings. The number of aliphatic carboxylic acids is 1. The molecule has 0 aromatic heterocycles. The fourth-order valence-corrected chi connectivity index (χ4v) is 3.50. The zero-order valence-electron chi connectivity index (χ0n) is 7.69. The van der Waals surface area contributed by atoms with Crippen LogP contribution < -0.4 is 0 Å².